The summed E-state index contributed by atoms with van der Waals surface area (Å²) in [5, 5.41) is 0. The van der Waals surface area contributed by atoms with E-state index in [0.29, 0.717) is 11.3 Å². The maximum absolute atomic E-state index is 13.5. The van der Waals surface area contributed by atoms with E-state index < -0.39 is 5.41 Å². The van der Waals surface area contributed by atoms with Crippen LogP contribution >= 0.6 is 0 Å². The van der Waals surface area contributed by atoms with E-state index in [1.165, 1.54) is 12.1 Å². The lowest BCUT2D eigenvalue weighted by molar-refractivity contribution is 0.0908. The molecular formula is C17H18FNO. The predicted octanol–water partition coefficient (Wildman–Crippen LogP) is 3.88. The summed E-state index contributed by atoms with van der Waals surface area (Å²) in [6, 6.07) is 11.6. The van der Waals surface area contributed by atoms with E-state index in [1.807, 2.05) is 26.0 Å². The fraction of sp³-hybridized carbons (Fsp3) is 0.235. The lowest BCUT2D eigenvalue weighted by atomic mass is 9.78. The maximum Gasteiger partial charge on any atom is 0.172 e. The number of rotatable bonds is 3. The Balaban J connectivity index is 2.42. The molecule has 0 aliphatic rings. The Bertz CT molecular complexity index is 624. The van der Waals surface area contributed by atoms with Crippen molar-refractivity contribution in [1.82, 2.24) is 0 Å². The molecular weight excluding hydrogens is 253 g/mol. The van der Waals surface area contributed by atoms with Crippen LogP contribution in [0.5, 0.6) is 0 Å². The molecule has 3 heteroatoms. The molecule has 0 saturated carbocycles. The SMILES string of the molecule is Cc1cc(F)cc(C(=O)C(C)(C)c2ccc(N)cc2)c1. The lowest BCUT2D eigenvalue weighted by Gasteiger charge is -2.24. The average molecular weight is 271 g/mol. The Hall–Kier alpha value is -2.16. The van der Waals surface area contributed by atoms with E-state index in [-0.39, 0.29) is 11.6 Å². The Labute approximate surface area is 118 Å². The Morgan fingerprint density at radius 1 is 1.10 bits per heavy atom. The topological polar surface area (TPSA) is 43.1 Å². The molecule has 0 heterocycles. The molecule has 0 aromatic heterocycles. The minimum absolute atomic E-state index is 0.107. The molecule has 0 unspecified atom stereocenters. The highest BCUT2D eigenvalue weighted by Gasteiger charge is 2.30. The van der Waals surface area contributed by atoms with E-state index in [0.717, 1.165) is 11.1 Å². The molecule has 2 aromatic rings. The molecule has 2 nitrogen and oxygen atoms in total. The zero-order chi connectivity index (χ0) is 14.9. The quantitative estimate of drug-likeness (QED) is 0.680. The molecule has 104 valence electrons. The standard InChI is InChI=1S/C17H18FNO/c1-11-8-12(10-14(18)9-11)16(20)17(2,3)13-4-6-15(19)7-5-13/h4-10H,19H2,1-3H3. The number of nitrogens with two attached hydrogens (primary N) is 1. The van der Waals surface area contributed by atoms with Crippen molar-refractivity contribution < 1.29 is 9.18 Å². The minimum Gasteiger partial charge on any atom is -0.399 e. The van der Waals surface area contributed by atoms with Crippen molar-refractivity contribution in [1.29, 1.82) is 0 Å². The molecule has 20 heavy (non-hydrogen) atoms. The molecule has 2 N–H and O–H groups in total. The highest BCUT2D eigenvalue weighted by atomic mass is 19.1. The number of Topliss-reactive ketones (excluding diaryl/α,β-unsaturated/α-hetero) is 1. The van der Waals surface area contributed by atoms with Gasteiger partial charge in [-0.2, -0.15) is 0 Å². The first-order valence-corrected chi connectivity index (χ1v) is 6.49. The van der Waals surface area contributed by atoms with Gasteiger partial charge in [0, 0.05) is 11.3 Å². The van der Waals surface area contributed by atoms with Gasteiger partial charge in [-0.25, -0.2) is 4.39 Å². The summed E-state index contributed by atoms with van der Waals surface area (Å²) in [7, 11) is 0. The number of hydrogen-bond donors (Lipinski definition) is 1. The molecule has 0 aliphatic heterocycles. The first kappa shape index (κ1) is 14.3. The van der Waals surface area contributed by atoms with Crippen LogP contribution in [0, 0.1) is 12.7 Å². The van der Waals surface area contributed by atoms with Crippen molar-refractivity contribution in [2.24, 2.45) is 0 Å². The van der Waals surface area contributed by atoms with E-state index in [4.69, 9.17) is 5.73 Å². The third-order valence-electron chi connectivity index (χ3n) is 3.50. The van der Waals surface area contributed by atoms with Crippen LogP contribution in [0.3, 0.4) is 0 Å². The third kappa shape index (κ3) is 2.72. The van der Waals surface area contributed by atoms with Crippen molar-refractivity contribution in [3.63, 3.8) is 0 Å². The van der Waals surface area contributed by atoms with E-state index in [2.05, 4.69) is 0 Å². The van der Waals surface area contributed by atoms with Gasteiger partial charge in [-0.3, -0.25) is 4.79 Å². The van der Waals surface area contributed by atoms with E-state index in [9.17, 15) is 9.18 Å². The van der Waals surface area contributed by atoms with Crippen LogP contribution in [0.2, 0.25) is 0 Å². The van der Waals surface area contributed by atoms with E-state index in [1.54, 1.807) is 25.1 Å². The first-order chi connectivity index (χ1) is 9.30. The van der Waals surface area contributed by atoms with Gasteiger partial charge in [0.05, 0.1) is 5.41 Å². The summed E-state index contributed by atoms with van der Waals surface area (Å²) in [5.74, 6) is -0.494. The highest BCUT2D eigenvalue weighted by Crippen LogP contribution is 2.29. The largest absolute Gasteiger partial charge is 0.399 e. The smallest absolute Gasteiger partial charge is 0.172 e. The van der Waals surface area contributed by atoms with Gasteiger partial charge < -0.3 is 5.73 Å². The number of halogens is 1. The molecule has 2 aromatic carbocycles. The van der Waals surface area contributed by atoms with Gasteiger partial charge in [0.1, 0.15) is 5.82 Å². The Morgan fingerprint density at radius 2 is 1.70 bits per heavy atom. The monoisotopic (exact) mass is 271 g/mol. The second-order valence-electron chi connectivity index (χ2n) is 5.59. The van der Waals surface area contributed by atoms with Crippen LogP contribution in [-0.4, -0.2) is 5.78 Å². The molecule has 2 rings (SSSR count). The number of ketones is 1. The number of benzene rings is 2. The number of anilines is 1. The van der Waals surface area contributed by atoms with Crippen LogP contribution in [0.25, 0.3) is 0 Å². The van der Waals surface area contributed by atoms with Gasteiger partial charge >= 0.3 is 0 Å². The number of nitrogen functional groups attached to an aromatic ring is 1. The van der Waals surface area contributed by atoms with E-state index >= 15 is 0 Å². The molecule has 0 spiro atoms. The zero-order valence-corrected chi connectivity index (χ0v) is 11.9. The number of hydrogen-bond acceptors (Lipinski definition) is 2. The third-order valence-corrected chi connectivity index (χ3v) is 3.50. The Kier molecular flexibility index (Phi) is 3.62. The normalized spacial score (nSPS) is 11.4. The van der Waals surface area contributed by atoms with Crippen LogP contribution < -0.4 is 5.73 Å². The van der Waals surface area contributed by atoms with Gasteiger partial charge in [0.15, 0.2) is 5.78 Å². The highest BCUT2D eigenvalue weighted by molar-refractivity contribution is 6.03. The van der Waals surface area contributed by atoms with Gasteiger partial charge in [-0.15, -0.1) is 0 Å². The summed E-state index contributed by atoms with van der Waals surface area (Å²) < 4.78 is 13.5. The fourth-order valence-corrected chi connectivity index (χ4v) is 2.26. The van der Waals surface area contributed by atoms with Crippen LogP contribution in [0.1, 0.15) is 35.3 Å². The van der Waals surface area contributed by atoms with Crippen molar-refractivity contribution in [3.05, 3.63) is 65.0 Å². The van der Waals surface area contributed by atoms with Crippen LogP contribution in [-0.2, 0) is 5.41 Å². The molecule has 0 aliphatic carbocycles. The molecule has 0 atom stereocenters. The van der Waals surface area contributed by atoms with Crippen molar-refractivity contribution >= 4 is 11.5 Å². The summed E-state index contributed by atoms with van der Waals surface area (Å²) in [4.78, 5) is 12.7. The summed E-state index contributed by atoms with van der Waals surface area (Å²) in [5.41, 5.74) is 7.58. The fourth-order valence-electron chi connectivity index (χ4n) is 2.26. The van der Waals surface area contributed by atoms with Crippen molar-refractivity contribution in [2.45, 2.75) is 26.2 Å². The number of carbonyl (C=O) groups is 1. The molecule has 0 saturated heterocycles. The van der Waals surface area contributed by atoms with Crippen molar-refractivity contribution in [2.75, 3.05) is 5.73 Å². The minimum atomic E-state index is -0.728. The van der Waals surface area contributed by atoms with Gasteiger partial charge in [0.2, 0.25) is 0 Å². The van der Waals surface area contributed by atoms with Crippen LogP contribution in [0.4, 0.5) is 10.1 Å². The second kappa shape index (κ2) is 5.08. The molecule has 0 bridgehead atoms. The number of aryl methyl sites for hydroxylation is 1. The predicted molar refractivity (Wildman–Crippen MR) is 79.3 cm³/mol. The van der Waals surface area contributed by atoms with Gasteiger partial charge in [-0.05, 0) is 62.2 Å². The lowest BCUT2D eigenvalue weighted by Crippen LogP contribution is -2.29. The van der Waals surface area contributed by atoms with Gasteiger partial charge in [-0.1, -0.05) is 12.1 Å². The number of carbonyl (C=O) groups excluding carboxylic acids is 1. The summed E-state index contributed by atoms with van der Waals surface area (Å²) >= 11 is 0. The molecule has 0 radical (unpaired) electrons. The molecule has 0 fully saturated rings. The van der Waals surface area contributed by atoms with Crippen molar-refractivity contribution in [3.8, 4) is 0 Å². The summed E-state index contributed by atoms with van der Waals surface area (Å²) in [6.45, 7) is 5.44. The zero-order valence-electron chi connectivity index (χ0n) is 11.9. The average Bonchev–Trinajstić information content (AvgIpc) is 2.37. The van der Waals surface area contributed by atoms with Crippen LogP contribution in [0.15, 0.2) is 42.5 Å². The molecule has 0 amide bonds. The Morgan fingerprint density at radius 3 is 2.25 bits per heavy atom. The summed E-state index contributed by atoms with van der Waals surface area (Å²) in [6.07, 6.45) is 0. The first-order valence-electron chi connectivity index (χ1n) is 6.49. The second-order valence-corrected chi connectivity index (χ2v) is 5.59. The van der Waals surface area contributed by atoms with Gasteiger partial charge in [0.25, 0.3) is 0 Å². The maximum atomic E-state index is 13.5.